The molecule has 1 N–H and O–H groups in total. The third-order valence-electron chi connectivity index (χ3n) is 7.14. The van der Waals surface area contributed by atoms with E-state index in [4.69, 9.17) is 4.74 Å². The molecule has 0 saturated heterocycles. The summed E-state index contributed by atoms with van der Waals surface area (Å²) in [7, 11) is -2.82. The van der Waals surface area contributed by atoms with Crippen molar-refractivity contribution in [1.29, 1.82) is 0 Å². The molecule has 42 heavy (non-hydrogen) atoms. The van der Waals surface area contributed by atoms with Gasteiger partial charge in [0, 0.05) is 12.6 Å². The Hall–Kier alpha value is -3.92. The number of hydrogen-bond acceptors (Lipinski definition) is 5. The highest BCUT2D eigenvalue weighted by molar-refractivity contribution is 7.92. The van der Waals surface area contributed by atoms with Gasteiger partial charge in [-0.1, -0.05) is 49.7 Å². The van der Waals surface area contributed by atoms with Gasteiger partial charge in [0.15, 0.2) is 0 Å². The summed E-state index contributed by atoms with van der Waals surface area (Å²) in [4.78, 5) is 28.9. The number of hydrogen-bond donors (Lipinski definition) is 1. The zero-order valence-electron chi connectivity index (χ0n) is 25.1. The summed E-state index contributed by atoms with van der Waals surface area (Å²) in [6.45, 7) is 8.65. The first-order valence-electron chi connectivity index (χ1n) is 14.0. The van der Waals surface area contributed by atoms with Crippen molar-refractivity contribution in [3.05, 3.63) is 89.2 Å². The Morgan fingerprint density at radius 2 is 1.55 bits per heavy atom. The van der Waals surface area contributed by atoms with Crippen LogP contribution < -0.4 is 14.4 Å². The minimum absolute atomic E-state index is 0.0103. The fourth-order valence-electron chi connectivity index (χ4n) is 4.49. The smallest absolute Gasteiger partial charge is 0.264 e. The van der Waals surface area contributed by atoms with Crippen LogP contribution in [0.4, 0.5) is 10.1 Å². The minimum atomic E-state index is -4.25. The van der Waals surface area contributed by atoms with Crippen LogP contribution in [-0.4, -0.2) is 50.9 Å². The predicted octanol–water partition coefficient (Wildman–Crippen LogP) is 5.37. The summed E-state index contributed by atoms with van der Waals surface area (Å²) in [5, 5.41) is 2.94. The lowest BCUT2D eigenvalue weighted by Crippen LogP contribution is -2.53. The number of carbonyl (C=O) groups is 2. The van der Waals surface area contributed by atoms with E-state index >= 15 is 0 Å². The maximum atomic E-state index is 14.2. The monoisotopic (exact) mass is 597 g/mol. The van der Waals surface area contributed by atoms with E-state index < -0.39 is 34.3 Å². The second-order valence-electron chi connectivity index (χ2n) is 10.4. The molecule has 3 aromatic carbocycles. The number of benzene rings is 3. The van der Waals surface area contributed by atoms with Gasteiger partial charge in [-0.05, 0) is 81.1 Å². The predicted molar refractivity (Wildman–Crippen MR) is 162 cm³/mol. The van der Waals surface area contributed by atoms with Crippen molar-refractivity contribution < 1.29 is 27.1 Å². The van der Waals surface area contributed by atoms with E-state index in [1.807, 2.05) is 27.7 Å². The van der Waals surface area contributed by atoms with Crippen molar-refractivity contribution in [3.63, 3.8) is 0 Å². The van der Waals surface area contributed by atoms with E-state index in [0.29, 0.717) is 12.0 Å². The molecule has 8 nitrogen and oxygen atoms in total. The van der Waals surface area contributed by atoms with Crippen molar-refractivity contribution in [2.45, 2.75) is 71.0 Å². The average Bonchev–Trinajstić information content (AvgIpc) is 2.96. The standard InChI is InChI=1S/C32H40FN3O5S/c1-7-24(5)34-32(38)28(8-2)35(20-25-12-14-26(33)15-13-25)31(37)21-36(29-19-23(4)11-18-30(29)41-6)42(39,40)27-16-9-22(3)10-17-27/h9-19,24,28H,7-8,20-21H2,1-6H3,(H,34,38)/t24-,28+/m0/s1. The van der Waals surface area contributed by atoms with E-state index in [-0.39, 0.29) is 41.2 Å². The SMILES string of the molecule is CC[C@H](C(=O)N[C@@H](C)CC)N(Cc1ccc(F)cc1)C(=O)CN(c1cc(C)ccc1OC)S(=O)(=O)c1ccc(C)cc1. The molecular weight excluding hydrogens is 557 g/mol. The highest BCUT2D eigenvalue weighted by Gasteiger charge is 2.35. The topological polar surface area (TPSA) is 96.0 Å². The first-order valence-corrected chi connectivity index (χ1v) is 15.4. The lowest BCUT2D eigenvalue weighted by atomic mass is 10.1. The molecule has 0 heterocycles. The second-order valence-corrected chi connectivity index (χ2v) is 12.3. The van der Waals surface area contributed by atoms with Gasteiger partial charge >= 0.3 is 0 Å². The zero-order valence-corrected chi connectivity index (χ0v) is 25.9. The summed E-state index contributed by atoms with van der Waals surface area (Å²) >= 11 is 0. The molecule has 0 bridgehead atoms. The average molecular weight is 598 g/mol. The minimum Gasteiger partial charge on any atom is -0.495 e. The molecule has 2 amide bonds. The van der Waals surface area contributed by atoms with Gasteiger partial charge in [-0.25, -0.2) is 12.8 Å². The van der Waals surface area contributed by atoms with Crippen molar-refractivity contribution >= 4 is 27.5 Å². The van der Waals surface area contributed by atoms with Crippen LogP contribution in [-0.2, 0) is 26.2 Å². The highest BCUT2D eigenvalue weighted by atomic mass is 32.2. The number of amides is 2. The van der Waals surface area contributed by atoms with Crippen molar-refractivity contribution in [3.8, 4) is 5.75 Å². The Balaban J connectivity index is 2.12. The molecule has 0 saturated carbocycles. The number of nitrogens with zero attached hydrogens (tertiary/aromatic N) is 2. The number of carbonyl (C=O) groups excluding carboxylic acids is 2. The Morgan fingerprint density at radius 1 is 0.929 bits per heavy atom. The van der Waals surface area contributed by atoms with Gasteiger partial charge in [-0.2, -0.15) is 0 Å². The number of aryl methyl sites for hydroxylation is 2. The van der Waals surface area contributed by atoms with Crippen LogP contribution in [0.1, 0.15) is 50.3 Å². The third kappa shape index (κ3) is 7.88. The number of rotatable bonds is 13. The molecule has 0 aliphatic rings. The molecule has 0 aromatic heterocycles. The van der Waals surface area contributed by atoms with E-state index in [0.717, 1.165) is 15.4 Å². The fourth-order valence-corrected chi connectivity index (χ4v) is 5.91. The first kappa shape index (κ1) is 32.6. The summed E-state index contributed by atoms with van der Waals surface area (Å²) in [5.41, 5.74) is 2.45. The Morgan fingerprint density at radius 3 is 2.12 bits per heavy atom. The van der Waals surface area contributed by atoms with Gasteiger partial charge in [0.05, 0.1) is 17.7 Å². The summed E-state index contributed by atoms with van der Waals surface area (Å²) in [6.07, 6.45) is 0.984. The molecule has 2 atom stereocenters. The number of nitrogens with one attached hydrogen (secondary N) is 1. The van der Waals surface area contributed by atoms with Gasteiger partial charge in [0.2, 0.25) is 11.8 Å². The molecule has 3 rings (SSSR count). The van der Waals surface area contributed by atoms with Gasteiger partial charge in [0.25, 0.3) is 10.0 Å². The Kier molecular flexibility index (Phi) is 11.1. The Bertz CT molecular complexity index is 1480. The van der Waals surface area contributed by atoms with Crippen LogP contribution >= 0.6 is 0 Å². The largest absolute Gasteiger partial charge is 0.495 e. The van der Waals surface area contributed by atoms with Crippen LogP contribution in [0.15, 0.2) is 71.6 Å². The molecule has 226 valence electrons. The number of methoxy groups -OCH3 is 1. The lowest BCUT2D eigenvalue weighted by molar-refractivity contribution is -0.140. The summed E-state index contributed by atoms with van der Waals surface area (Å²) in [5.74, 6) is -1.09. The summed E-state index contributed by atoms with van der Waals surface area (Å²) < 4.78 is 48.4. The molecule has 0 aliphatic heterocycles. The Labute approximate surface area is 248 Å². The van der Waals surface area contributed by atoms with Crippen molar-refractivity contribution in [2.75, 3.05) is 18.0 Å². The normalized spacial score (nSPS) is 12.7. The second kappa shape index (κ2) is 14.3. The van der Waals surface area contributed by atoms with E-state index in [1.165, 1.54) is 36.3 Å². The van der Waals surface area contributed by atoms with Gasteiger partial charge < -0.3 is 15.0 Å². The highest BCUT2D eigenvalue weighted by Crippen LogP contribution is 2.34. The molecular formula is C32H40FN3O5S. The van der Waals surface area contributed by atoms with E-state index in [1.54, 1.807) is 49.4 Å². The molecule has 10 heteroatoms. The number of sulfonamides is 1. The maximum Gasteiger partial charge on any atom is 0.264 e. The molecule has 3 aromatic rings. The van der Waals surface area contributed by atoms with Gasteiger partial charge in [0.1, 0.15) is 24.2 Å². The van der Waals surface area contributed by atoms with E-state index in [2.05, 4.69) is 5.32 Å². The zero-order chi connectivity index (χ0) is 31.0. The van der Waals surface area contributed by atoms with Crippen LogP contribution in [0.5, 0.6) is 5.75 Å². The van der Waals surface area contributed by atoms with Gasteiger partial charge in [-0.15, -0.1) is 0 Å². The van der Waals surface area contributed by atoms with Crippen LogP contribution in [0.3, 0.4) is 0 Å². The molecule has 0 aliphatic carbocycles. The first-order chi connectivity index (χ1) is 19.9. The molecule has 0 radical (unpaired) electrons. The summed E-state index contributed by atoms with van der Waals surface area (Å²) in [6, 6.07) is 16.1. The quantitative estimate of drug-likeness (QED) is 0.286. The number of anilines is 1. The fraction of sp³-hybridized carbons (Fsp3) is 0.375. The van der Waals surface area contributed by atoms with Crippen molar-refractivity contribution in [1.82, 2.24) is 10.2 Å². The molecule has 0 fully saturated rings. The van der Waals surface area contributed by atoms with Gasteiger partial charge in [-0.3, -0.25) is 13.9 Å². The van der Waals surface area contributed by atoms with Crippen LogP contribution in [0.2, 0.25) is 0 Å². The van der Waals surface area contributed by atoms with Crippen molar-refractivity contribution in [2.24, 2.45) is 0 Å². The maximum absolute atomic E-state index is 14.2. The lowest BCUT2D eigenvalue weighted by Gasteiger charge is -2.34. The van der Waals surface area contributed by atoms with Crippen LogP contribution in [0, 0.1) is 19.7 Å². The molecule has 0 unspecified atom stereocenters. The number of halogens is 1. The van der Waals surface area contributed by atoms with Crippen LogP contribution in [0.25, 0.3) is 0 Å². The van der Waals surface area contributed by atoms with E-state index in [9.17, 15) is 22.4 Å². The number of ether oxygens (including phenoxy) is 1. The molecule has 0 spiro atoms. The third-order valence-corrected chi connectivity index (χ3v) is 8.92.